The zero-order valence-electron chi connectivity index (χ0n) is 14.8. The number of benzene rings is 2. The zero-order valence-corrected chi connectivity index (χ0v) is 16.4. The number of nitro benzene ring substituents is 1. The van der Waals surface area contributed by atoms with Crippen LogP contribution in [0.3, 0.4) is 0 Å². The molecule has 1 aliphatic rings. The molecule has 0 atom stereocenters. The standard InChI is InChI=1S/C18H18ClN3O5S/c19-15-6-7-16(17(12-15)22(24)25)18(23)20-8-10-21(11-9-20)28(26,27)13-14-4-2-1-3-5-14/h1-7,12H,8-11,13H2. The molecule has 1 fully saturated rings. The van der Waals surface area contributed by atoms with Gasteiger partial charge in [0.05, 0.1) is 10.7 Å². The Bertz CT molecular complexity index is 990. The van der Waals surface area contributed by atoms with E-state index in [1.165, 1.54) is 21.3 Å². The van der Waals surface area contributed by atoms with Crippen molar-refractivity contribution in [1.82, 2.24) is 9.21 Å². The van der Waals surface area contributed by atoms with Gasteiger partial charge in [0, 0.05) is 37.3 Å². The highest BCUT2D eigenvalue weighted by Crippen LogP contribution is 2.25. The number of piperazine rings is 1. The van der Waals surface area contributed by atoms with E-state index in [1.807, 2.05) is 6.07 Å². The molecular weight excluding hydrogens is 406 g/mol. The Labute approximate surface area is 167 Å². The lowest BCUT2D eigenvalue weighted by atomic mass is 10.1. The lowest BCUT2D eigenvalue weighted by Gasteiger charge is -2.34. The van der Waals surface area contributed by atoms with Crippen LogP contribution in [0.25, 0.3) is 0 Å². The smallest absolute Gasteiger partial charge is 0.283 e. The molecule has 1 aliphatic heterocycles. The van der Waals surface area contributed by atoms with E-state index in [0.717, 1.165) is 6.07 Å². The molecule has 28 heavy (non-hydrogen) atoms. The van der Waals surface area contributed by atoms with Gasteiger partial charge < -0.3 is 4.90 Å². The maximum Gasteiger partial charge on any atom is 0.283 e. The fraction of sp³-hybridized carbons (Fsp3) is 0.278. The molecule has 0 unspecified atom stereocenters. The molecule has 1 amide bonds. The summed E-state index contributed by atoms with van der Waals surface area (Å²) >= 11 is 5.78. The van der Waals surface area contributed by atoms with E-state index in [0.29, 0.717) is 5.56 Å². The summed E-state index contributed by atoms with van der Waals surface area (Å²) in [5.74, 6) is -0.617. The summed E-state index contributed by atoms with van der Waals surface area (Å²) in [5, 5.41) is 11.4. The van der Waals surface area contributed by atoms with Gasteiger partial charge in [0.1, 0.15) is 5.56 Å². The second-order valence-corrected chi connectivity index (χ2v) is 8.76. The van der Waals surface area contributed by atoms with Crippen LogP contribution in [-0.4, -0.2) is 54.6 Å². The van der Waals surface area contributed by atoms with Gasteiger partial charge in [-0.15, -0.1) is 0 Å². The third-order valence-corrected chi connectivity index (χ3v) is 6.58. The zero-order chi connectivity index (χ0) is 20.3. The van der Waals surface area contributed by atoms with Crippen molar-refractivity contribution >= 4 is 33.2 Å². The lowest BCUT2D eigenvalue weighted by Crippen LogP contribution is -2.50. The van der Waals surface area contributed by atoms with Crippen molar-refractivity contribution < 1.29 is 18.1 Å². The number of carbonyl (C=O) groups is 1. The molecule has 3 rings (SSSR count). The van der Waals surface area contributed by atoms with E-state index < -0.39 is 20.9 Å². The van der Waals surface area contributed by atoms with Gasteiger partial charge in [-0.25, -0.2) is 8.42 Å². The van der Waals surface area contributed by atoms with Crippen LogP contribution in [0.2, 0.25) is 5.02 Å². The van der Waals surface area contributed by atoms with Crippen molar-refractivity contribution in [2.24, 2.45) is 0 Å². The maximum absolute atomic E-state index is 12.7. The van der Waals surface area contributed by atoms with E-state index in [1.54, 1.807) is 24.3 Å². The molecular formula is C18H18ClN3O5S. The van der Waals surface area contributed by atoms with Crippen molar-refractivity contribution in [1.29, 1.82) is 0 Å². The van der Waals surface area contributed by atoms with Gasteiger partial charge in [-0.3, -0.25) is 14.9 Å². The number of hydrogen-bond acceptors (Lipinski definition) is 5. The second-order valence-electron chi connectivity index (χ2n) is 6.35. The molecule has 1 saturated heterocycles. The Balaban J connectivity index is 1.69. The van der Waals surface area contributed by atoms with Crippen LogP contribution < -0.4 is 0 Å². The third-order valence-electron chi connectivity index (χ3n) is 4.50. The lowest BCUT2D eigenvalue weighted by molar-refractivity contribution is -0.385. The summed E-state index contributed by atoms with van der Waals surface area (Å²) in [7, 11) is -3.51. The Morgan fingerprint density at radius 1 is 1.07 bits per heavy atom. The Morgan fingerprint density at radius 2 is 1.71 bits per heavy atom. The quantitative estimate of drug-likeness (QED) is 0.543. The van der Waals surface area contributed by atoms with Crippen LogP contribution in [0.1, 0.15) is 15.9 Å². The van der Waals surface area contributed by atoms with E-state index in [2.05, 4.69) is 0 Å². The number of nitrogens with zero attached hydrogens (tertiary/aromatic N) is 3. The van der Waals surface area contributed by atoms with Crippen molar-refractivity contribution in [3.63, 3.8) is 0 Å². The predicted molar refractivity (Wildman–Crippen MR) is 105 cm³/mol. The van der Waals surface area contributed by atoms with Crippen LogP contribution in [0.5, 0.6) is 0 Å². The molecule has 2 aromatic rings. The van der Waals surface area contributed by atoms with Crippen LogP contribution in [0.4, 0.5) is 5.69 Å². The Kier molecular flexibility index (Phi) is 5.97. The van der Waals surface area contributed by atoms with Crippen molar-refractivity contribution in [3.05, 3.63) is 74.8 Å². The van der Waals surface area contributed by atoms with Gasteiger partial charge in [0.25, 0.3) is 11.6 Å². The molecule has 148 valence electrons. The van der Waals surface area contributed by atoms with Crippen molar-refractivity contribution in [2.45, 2.75) is 5.75 Å². The highest BCUT2D eigenvalue weighted by molar-refractivity contribution is 7.88. The largest absolute Gasteiger partial charge is 0.336 e. The number of hydrogen-bond donors (Lipinski definition) is 0. The summed E-state index contributed by atoms with van der Waals surface area (Å²) in [6, 6.07) is 12.7. The molecule has 0 aromatic heterocycles. The van der Waals surface area contributed by atoms with E-state index in [4.69, 9.17) is 11.6 Å². The Hall–Kier alpha value is -2.49. The summed E-state index contributed by atoms with van der Waals surface area (Å²) < 4.78 is 26.5. The SMILES string of the molecule is O=C(c1ccc(Cl)cc1[N+](=O)[O-])N1CCN(S(=O)(=O)Cc2ccccc2)CC1. The van der Waals surface area contributed by atoms with Gasteiger partial charge in [-0.2, -0.15) is 4.31 Å². The fourth-order valence-electron chi connectivity index (χ4n) is 3.05. The average Bonchev–Trinajstić information content (AvgIpc) is 2.68. The summed E-state index contributed by atoms with van der Waals surface area (Å²) in [4.78, 5) is 24.7. The highest BCUT2D eigenvalue weighted by atomic mass is 35.5. The maximum atomic E-state index is 12.7. The number of carbonyl (C=O) groups excluding carboxylic acids is 1. The van der Waals surface area contributed by atoms with Crippen molar-refractivity contribution in [3.8, 4) is 0 Å². The molecule has 0 N–H and O–H groups in total. The average molecular weight is 424 g/mol. The first-order valence-corrected chi connectivity index (χ1v) is 10.5. The molecule has 2 aromatic carbocycles. The van der Waals surface area contributed by atoms with E-state index in [-0.39, 0.29) is 48.2 Å². The number of rotatable bonds is 5. The van der Waals surface area contributed by atoms with E-state index >= 15 is 0 Å². The minimum absolute atomic E-state index is 0.0602. The first-order chi connectivity index (χ1) is 13.3. The van der Waals surface area contributed by atoms with Gasteiger partial charge >= 0.3 is 0 Å². The molecule has 0 aliphatic carbocycles. The van der Waals surface area contributed by atoms with Crippen LogP contribution in [0.15, 0.2) is 48.5 Å². The first kappa shape index (κ1) is 20.2. The third kappa shape index (κ3) is 4.49. The van der Waals surface area contributed by atoms with Gasteiger partial charge in [0.2, 0.25) is 10.0 Å². The molecule has 10 heteroatoms. The fourth-order valence-corrected chi connectivity index (χ4v) is 4.73. The van der Waals surface area contributed by atoms with Crippen LogP contribution in [0, 0.1) is 10.1 Å². The van der Waals surface area contributed by atoms with Gasteiger partial charge in [-0.05, 0) is 17.7 Å². The normalized spacial score (nSPS) is 15.4. The van der Waals surface area contributed by atoms with Gasteiger partial charge in [0.15, 0.2) is 0 Å². The number of nitro groups is 1. The van der Waals surface area contributed by atoms with Crippen LogP contribution >= 0.6 is 11.6 Å². The highest BCUT2D eigenvalue weighted by Gasteiger charge is 2.31. The van der Waals surface area contributed by atoms with Crippen molar-refractivity contribution in [2.75, 3.05) is 26.2 Å². The minimum atomic E-state index is -3.51. The molecule has 0 spiro atoms. The molecule has 0 radical (unpaired) electrons. The molecule has 1 heterocycles. The monoisotopic (exact) mass is 423 g/mol. The van der Waals surface area contributed by atoms with Gasteiger partial charge in [-0.1, -0.05) is 41.9 Å². The number of sulfonamides is 1. The molecule has 8 nitrogen and oxygen atoms in total. The summed E-state index contributed by atoms with van der Waals surface area (Å²) in [6.45, 7) is 0.601. The number of halogens is 1. The Morgan fingerprint density at radius 3 is 2.32 bits per heavy atom. The minimum Gasteiger partial charge on any atom is -0.336 e. The first-order valence-electron chi connectivity index (χ1n) is 8.53. The molecule has 0 saturated carbocycles. The topological polar surface area (TPSA) is 101 Å². The molecule has 0 bridgehead atoms. The summed E-state index contributed by atoms with van der Waals surface area (Å²) in [6.07, 6.45) is 0. The van der Waals surface area contributed by atoms with E-state index in [9.17, 15) is 23.3 Å². The summed E-state index contributed by atoms with van der Waals surface area (Å²) in [5.41, 5.74) is 0.268. The predicted octanol–water partition coefficient (Wildman–Crippen LogP) is 2.54. The van der Waals surface area contributed by atoms with Crippen LogP contribution in [-0.2, 0) is 15.8 Å². The second kappa shape index (κ2) is 8.26. The number of amides is 1.